The Hall–Kier alpha value is -3.26. The summed E-state index contributed by atoms with van der Waals surface area (Å²) in [4.78, 5) is 26.4. The van der Waals surface area contributed by atoms with Gasteiger partial charge in [0.25, 0.3) is 0 Å². The molecule has 2 aliphatic carbocycles. The molecule has 2 atom stereocenters. The van der Waals surface area contributed by atoms with Crippen molar-refractivity contribution >= 4 is 28.4 Å². The van der Waals surface area contributed by atoms with Crippen LogP contribution in [0.15, 0.2) is 30.6 Å². The zero-order valence-electron chi connectivity index (χ0n) is 19.7. The van der Waals surface area contributed by atoms with Crippen LogP contribution in [0, 0.1) is 0 Å². The first-order chi connectivity index (χ1) is 16.3. The van der Waals surface area contributed by atoms with Gasteiger partial charge in [0, 0.05) is 17.9 Å². The number of aromatic nitrogens is 3. The molecule has 0 radical (unpaired) electrons. The summed E-state index contributed by atoms with van der Waals surface area (Å²) in [7, 11) is 0. The van der Waals surface area contributed by atoms with Crippen LogP contribution in [-0.4, -0.2) is 33.1 Å². The first-order valence-corrected chi connectivity index (χ1v) is 12.0. The Bertz CT molecular complexity index is 1310. The quantitative estimate of drug-likeness (QED) is 0.519. The summed E-state index contributed by atoms with van der Waals surface area (Å²) in [6, 6.07) is 5.58. The highest BCUT2D eigenvalue weighted by atomic mass is 16.5. The van der Waals surface area contributed by atoms with Gasteiger partial charge in [0.15, 0.2) is 0 Å². The number of esters is 1. The van der Waals surface area contributed by atoms with Gasteiger partial charge in [-0.25, -0.2) is 19.7 Å². The maximum absolute atomic E-state index is 12.4. The van der Waals surface area contributed by atoms with Crippen LogP contribution >= 0.6 is 0 Å². The first kappa shape index (κ1) is 21.3. The summed E-state index contributed by atoms with van der Waals surface area (Å²) in [5.74, 6) is 1.59. The topological polar surface area (TPSA) is 112 Å². The van der Waals surface area contributed by atoms with Crippen LogP contribution in [0.2, 0.25) is 0 Å². The van der Waals surface area contributed by atoms with Crippen molar-refractivity contribution in [2.45, 2.75) is 76.0 Å². The number of pyridine rings is 3. The summed E-state index contributed by atoms with van der Waals surface area (Å²) < 4.78 is 11.6. The molecular formula is C26H29N5O3. The Balaban J connectivity index is 1.40. The molecule has 3 N–H and O–H groups in total. The zero-order chi connectivity index (χ0) is 23.7. The van der Waals surface area contributed by atoms with E-state index in [0.717, 1.165) is 54.1 Å². The van der Waals surface area contributed by atoms with Crippen LogP contribution in [0.4, 0.5) is 11.6 Å². The van der Waals surface area contributed by atoms with Crippen molar-refractivity contribution in [3.8, 4) is 5.88 Å². The largest absolute Gasteiger partial charge is 0.474 e. The predicted molar refractivity (Wildman–Crippen MR) is 128 cm³/mol. The van der Waals surface area contributed by atoms with Gasteiger partial charge in [0.2, 0.25) is 5.88 Å². The number of fused-ring (bicyclic) bond motifs is 3. The fourth-order valence-electron chi connectivity index (χ4n) is 4.77. The standard InChI is InChI=1S/C26H29N5O3/c1-4-25(3,27)19-13-29-23(34-15-5-6-15)18-12-28-21(11-17(18)19)30-20-8-7-16-22(31-20)26(9-10-26)14(2)33-24(16)32/h7-8,11-15H,4-6,9-10,27H2,1-3H3,(H,28,30,31)/t14-,25+/m0/s1. The third kappa shape index (κ3) is 3.39. The number of cyclic esters (lactones) is 1. The molecule has 176 valence electrons. The average molecular weight is 460 g/mol. The number of hydrogen-bond acceptors (Lipinski definition) is 8. The highest BCUT2D eigenvalue weighted by molar-refractivity contribution is 5.94. The van der Waals surface area contributed by atoms with Gasteiger partial charge < -0.3 is 20.5 Å². The molecule has 1 aliphatic heterocycles. The minimum Gasteiger partial charge on any atom is -0.474 e. The van der Waals surface area contributed by atoms with Gasteiger partial charge in [0.05, 0.1) is 22.1 Å². The number of nitrogens with zero attached hydrogens (tertiary/aromatic N) is 3. The maximum atomic E-state index is 12.4. The van der Waals surface area contributed by atoms with Crippen LogP contribution in [0.5, 0.6) is 5.88 Å². The number of nitrogens with two attached hydrogens (primary N) is 1. The number of rotatable bonds is 6. The minimum absolute atomic E-state index is 0.159. The van der Waals surface area contributed by atoms with E-state index in [1.165, 1.54) is 0 Å². The number of carbonyl (C=O) groups excluding carboxylic acids is 1. The van der Waals surface area contributed by atoms with E-state index in [4.69, 9.17) is 20.2 Å². The molecule has 2 saturated carbocycles. The van der Waals surface area contributed by atoms with E-state index in [1.807, 2.05) is 26.1 Å². The Kier molecular flexibility index (Phi) is 4.61. The summed E-state index contributed by atoms with van der Waals surface area (Å²) in [5, 5.41) is 5.15. The van der Waals surface area contributed by atoms with E-state index in [9.17, 15) is 4.79 Å². The SMILES string of the molecule is CC[C@@](C)(N)c1cnc(OC2CC2)c2cnc(Nc3ccc4c(n3)C3(CC3)[C@H](C)OC4=O)cc12. The van der Waals surface area contributed by atoms with Crippen molar-refractivity contribution in [3.05, 3.63) is 47.4 Å². The second kappa shape index (κ2) is 7.37. The van der Waals surface area contributed by atoms with Crippen LogP contribution in [0.1, 0.15) is 74.5 Å². The lowest BCUT2D eigenvalue weighted by molar-refractivity contribution is 0.0183. The third-order valence-corrected chi connectivity index (χ3v) is 7.58. The average Bonchev–Trinajstić information content (AvgIpc) is 3.74. The molecule has 0 saturated heterocycles. The summed E-state index contributed by atoms with van der Waals surface area (Å²) in [5.41, 5.74) is 8.27. The smallest absolute Gasteiger partial charge is 0.340 e. The van der Waals surface area contributed by atoms with Gasteiger partial charge in [-0.05, 0) is 75.1 Å². The molecule has 3 aromatic rings. The van der Waals surface area contributed by atoms with Gasteiger partial charge in [-0.3, -0.25) is 0 Å². The van der Waals surface area contributed by atoms with Gasteiger partial charge in [-0.1, -0.05) is 6.92 Å². The number of nitrogens with one attached hydrogen (secondary N) is 1. The third-order valence-electron chi connectivity index (χ3n) is 7.58. The van der Waals surface area contributed by atoms with E-state index in [2.05, 4.69) is 22.2 Å². The van der Waals surface area contributed by atoms with E-state index >= 15 is 0 Å². The van der Waals surface area contributed by atoms with Gasteiger partial charge in [-0.15, -0.1) is 0 Å². The van der Waals surface area contributed by atoms with Crippen molar-refractivity contribution in [2.75, 3.05) is 5.32 Å². The molecule has 1 spiro atoms. The van der Waals surface area contributed by atoms with Crippen molar-refractivity contribution in [3.63, 3.8) is 0 Å². The normalized spacial score (nSPS) is 22.1. The summed E-state index contributed by atoms with van der Waals surface area (Å²) in [6.45, 7) is 6.03. The van der Waals surface area contributed by atoms with Crippen molar-refractivity contribution in [1.29, 1.82) is 0 Å². The van der Waals surface area contributed by atoms with Crippen LogP contribution in [0.25, 0.3) is 10.8 Å². The second-order valence-corrected chi connectivity index (χ2v) is 10.1. The van der Waals surface area contributed by atoms with Crippen LogP contribution in [-0.2, 0) is 15.7 Å². The maximum Gasteiger partial charge on any atom is 0.340 e. The first-order valence-electron chi connectivity index (χ1n) is 12.0. The lowest BCUT2D eigenvalue weighted by atomic mass is 9.88. The zero-order valence-corrected chi connectivity index (χ0v) is 19.7. The van der Waals surface area contributed by atoms with E-state index < -0.39 is 5.54 Å². The monoisotopic (exact) mass is 459 g/mol. The molecule has 6 rings (SSSR count). The fraction of sp³-hybridized carbons (Fsp3) is 0.462. The number of ether oxygens (including phenoxy) is 2. The van der Waals surface area contributed by atoms with Gasteiger partial charge in [-0.2, -0.15) is 0 Å². The molecule has 0 aromatic carbocycles. The molecule has 8 heteroatoms. The fourth-order valence-corrected chi connectivity index (χ4v) is 4.77. The van der Waals surface area contributed by atoms with Crippen molar-refractivity contribution in [2.24, 2.45) is 5.73 Å². The highest BCUT2D eigenvalue weighted by Crippen LogP contribution is 2.54. The van der Waals surface area contributed by atoms with Gasteiger partial charge >= 0.3 is 5.97 Å². The molecule has 0 unspecified atom stereocenters. The van der Waals surface area contributed by atoms with Crippen LogP contribution < -0.4 is 15.8 Å². The number of carbonyl (C=O) groups is 1. The second-order valence-electron chi connectivity index (χ2n) is 10.1. The Morgan fingerprint density at radius 1 is 1.21 bits per heavy atom. The van der Waals surface area contributed by atoms with Crippen molar-refractivity contribution in [1.82, 2.24) is 15.0 Å². The Labute approximate surface area is 198 Å². The molecule has 8 nitrogen and oxygen atoms in total. The molecule has 3 aliphatic rings. The molecule has 3 aromatic heterocycles. The summed E-state index contributed by atoms with van der Waals surface area (Å²) >= 11 is 0. The molecular weight excluding hydrogens is 430 g/mol. The summed E-state index contributed by atoms with van der Waals surface area (Å²) in [6.07, 6.45) is 8.52. The number of hydrogen-bond donors (Lipinski definition) is 2. The Morgan fingerprint density at radius 2 is 2.00 bits per heavy atom. The highest BCUT2D eigenvalue weighted by Gasteiger charge is 2.56. The van der Waals surface area contributed by atoms with E-state index in [-0.39, 0.29) is 23.6 Å². The Morgan fingerprint density at radius 3 is 2.71 bits per heavy atom. The van der Waals surface area contributed by atoms with Crippen LogP contribution in [0.3, 0.4) is 0 Å². The molecule has 34 heavy (non-hydrogen) atoms. The predicted octanol–water partition coefficient (Wildman–Crippen LogP) is 4.48. The van der Waals surface area contributed by atoms with E-state index in [1.54, 1.807) is 18.3 Å². The molecule has 0 amide bonds. The van der Waals surface area contributed by atoms with E-state index in [0.29, 0.717) is 23.1 Å². The molecule has 0 bridgehead atoms. The van der Waals surface area contributed by atoms with Crippen molar-refractivity contribution < 1.29 is 14.3 Å². The number of anilines is 2. The lowest BCUT2D eigenvalue weighted by Crippen LogP contribution is -2.36. The lowest BCUT2D eigenvalue weighted by Gasteiger charge is -2.30. The molecule has 4 heterocycles. The minimum atomic E-state index is -0.541. The molecule has 2 fully saturated rings. The van der Waals surface area contributed by atoms with Gasteiger partial charge in [0.1, 0.15) is 23.8 Å².